The van der Waals surface area contributed by atoms with Crippen molar-refractivity contribution in [2.75, 3.05) is 0 Å². The molecule has 4 heteroatoms. The van der Waals surface area contributed by atoms with Crippen LogP contribution in [0, 0.1) is 5.92 Å². The van der Waals surface area contributed by atoms with Crippen LogP contribution in [0.1, 0.15) is 37.5 Å². The van der Waals surface area contributed by atoms with E-state index >= 15 is 0 Å². The van der Waals surface area contributed by atoms with Crippen molar-refractivity contribution >= 4 is 5.91 Å². The zero-order valence-electron chi connectivity index (χ0n) is 11.8. The van der Waals surface area contributed by atoms with E-state index in [-0.39, 0.29) is 11.8 Å². The Morgan fingerprint density at radius 1 is 1.42 bits per heavy atom. The van der Waals surface area contributed by atoms with Crippen LogP contribution in [0.3, 0.4) is 0 Å². The van der Waals surface area contributed by atoms with Gasteiger partial charge in [0.15, 0.2) is 0 Å². The molecule has 1 aliphatic heterocycles. The molecule has 0 bridgehead atoms. The minimum absolute atomic E-state index is 0.141. The van der Waals surface area contributed by atoms with Gasteiger partial charge in [0.2, 0.25) is 5.91 Å². The highest BCUT2D eigenvalue weighted by Crippen LogP contribution is 2.22. The number of primary amides is 1. The standard InChI is InChI=1S/C15H22N2O2/c1-10(2)15(3,14(16)18)17-7-11-4-5-12-8-19-9-13(12)6-11/h4-6,10,17H,7-9H2,1-3H3,(H2,16,18). The van der Waals surface area contributed by atoms with Crippen molar-refractivity contribution in [2.24, 2.45) is 11.7 Å². The molecule has 1 aliphatic rings. The van der Waals surface area contributed by atoms with Gasteiger partial charge in [-0.2, -0.15) is 0 Å². The maximum atomic E-state index is 11.6. The van der Waals surface area contributed by atoms with Gasteiger partial charge in [0.05, 0.1) is 18.8 Å². The molecule has 1 aromatic rings. The first-order valence-electron chi connectivity index (χ1n) is 6.67. The van der Waals surface area contributed by atoms with Crippen LogP contribution in [0.15, 0.2) is 18.2 Å². The van der Waals surface area contributed by atoms with Gasteiger partial charge in [0, 0.05) is 6.54 Å². The van der Waals surface area contributed by atoms with Crippen molar-refractivity contribution in [3.05, 3.63) is 34.9 Å². The molecule has 1 unspecified atom stereocenters. The summed E-state index contributed by atoms with van der Waals surface area (Å²) in [5, 5.41) is 3.29. The van der Waals surface area contributed by atoms with Crippen LogP contribution in [-0.2, 0) is 29.3 Å². The maximum absolute atomic E-state index is 11.6. The molecule has 0 saturated carbocycles. The van der Waals surface area contributed by atoms with Gasteiger partial charge in [-0.3, -0.25) is 10.1 Å². The number of carbonyl (C=O) groups is 1. The van der Waals surface area contributed by atoms with E-state index < -0.39 is 5.54 Å². The zero-order chi connectivity index (χ0) is 14.0. The lowest BCUT2D eigenvalue weighted by Crippen LogP contribution is -2.56. The Hall–Kier alpha value is -1.39. The molecule has 104 valence electrons. The van der Waals surface area contributed by atoms with E-state index in [2.05, 4.69) is 23.5 Å². The summed E-state index contributed by atoms with van der Waals surface area (Å²) in [6, 6.07) is 6.30. The Bertz CT molecular complexity index is 485. The highest BCUT2D eigenvalue weighted by molar-refractivity contribution is 5.84. The number of ether oxygens (including phenoxy) is 1. The molecular formula is C15H22N2O2. The fourth-order valence-corrected chi connectivity index (χ4v) is 2.20. The minimum Gasteiger partial charge on any atom is -0.372 e. The van der Waals surface area contributed by atoms with E-state index in [1.54, 1.807) is 0 Å². The molecule has 1 amide bonds. The van der Waals surface area contributed by atoms with Crippen LogP contribution < -0.4 is 11.1 Å². The van der Waals surface area contributed by atoms with Gasteiger partial charge >= 0.3 is 0 Å². The fourth-order valence-electron chi connectivity index (χ4n) is 2.20. The van der Waals surface area contributed by atoms with Gasteiger partial charge in [0.25, 0.3) is 0 Å². The lowest BCUT2D eigenvalue weighted by molar-refractivity contribution is -0.125. The van der Waals surface area contributed by atoms with E-state index in [1.807, 2.05) is 20.8 Å². The third kappa shape index (κ3) is 2.80. The Balaban J connectivity index is 2.07. The topological polar surface area (TPSA) is 64.3 Å². The molecule has 2 rings (SSSR count). The molecule has 0 spiro atoms. The molecule has 4 nitrogen and oxygen atoms in total. The normalized spacial score (nSPS) is 17.3. The number of nitrogens with two attached hydrogens (primary N) is 1. The van der Waals surface area contributed by atoms with Crippen LogP contribution in [-0.4, -0.2) is 11.4 Å². The monoisotopic (exact) mass is 262 g/mol. The molecule has 1 heterocycles. The molecule has 0 aromatic heterocycles. The first kappa shape index (κ1) is 14.0. The average Bonchev–Trinajstić information content (AvgIpc) is 2.82. The number of hydrogen-bond acceptors (Lipinski definition) is 3. The molecule has 3 N–H and O–H groups in total. The molecule has 19 heavy (non-hydrogen) atoms. The largest absolute Gasteiger partial charge is 0.372 e. The second kappa shape index (κ2) is 5.31. The molecule has 0 fully saturated rings. The van der Waals surface area contributed by atoms with E-state index in [0.717, 1.165) is 5.56 Å². The van der Waals surface area contributed by atoms with Crippen molar-refractivity contribution in [1.82, 2.24) is 5.32 Å². The van der Waals surface area contributed by atoms with E-state index in [4.69, 9.17) is 10.5 Å². The Labute approximate surface area is 114 Å². The van der Waals surface area contributed by atoms with Crippen molar-refractivity contribution in [3.8, 4) is 0 Å². The van der Waals surface area contributed by atoms with E-state index in [1.165, 1.54) is 11.1 Å². The number of rotatable bonds is 5. The summed E-state index contributed by atoms with van der Waals surface area (Å²) in [6.45, 7) is 7.86. The highest BCUT2D eigenvalue weighted by atomic mass is 16.5. The van der Waals surface area contributed by atoms with Gasteiger partial charge in [-0.05, 0) is 29.5 Å². The number of amides is 1. The van der Waals surface area contributed by atoms with Crippen molar-refractivity contribution < 1.29 is 9.53 Å². The third-order valence-electron chi connectivity index (χ3n) is 4.11. The second-order valence-corrected chi connectivity index (χ2v) is 5.67. The lowest BCUT2D eigenvalue weighted by Gasteiger charge is -2.31. The average molecular weight is 262 g/mol. The summed E-state index contributed by atoms with van der Waals surface area (Å²) < 4.78 is 5.40. The Morgan fingerprint density at radius 2 is 2.11 bits per heavy atom. The van der Waals surface area contributed by atoms with Crippen LogP contribution in [0.25, 0.3) is 0 Å². The molecule has 0 radical (unpaired) electrons. The SMILES string of the molecule is CC(C)C(C)(NCc1ccc2c(c1)COC2)C(N)=O. The predicted molar refractivity (Wildman–Crippen MR) is 74.2 cm³/mol. The van der Waals surface area contributed by atoms with Crippen molar-refractivity contribution in [3.63, 3.8) is 0 Å². The Kier molecular flexibility index (Phi) is 3.92. The van der Waals surface area contributed by atoms with Gasteiger partial charge in [0.1, 0.15) is 0 Å². The first-order chi connectivity index (χ1) is 8.93. The molecule has 1 aromatic carbocycles. The number of hydrogen-bond donors (Lipinski definition) is 2. The highest BCUT2D eigenvalue weighted by Gasteiger charge is 2.33. The summed E-state index contributed by atoms with van der Waals surface area (Å²) in [4.78, 5) is 11.6. The molecule has 0 saturated heterocycles. The van der Waals surface area contributed by atoms with Crippen molar-refractivity contribution in [2.45, 2.75) is 46.1 Å². The second-order valence-electron chi connectivity index (χ2n) is 5.67. The maximum Gasteiger partial charge on any atom is 0.237 e. The van der Waals surface area contributed by atoms with Crippen LogP contribution in [0.4, 0.5) is 0 Å². The number of carbonyl (C=O) groups excluding carboxylic acids is 1. The summed E-state index contributed by atoms with van der Waals surface area (Å²) >= 11 is 0. The quantitative estimate of drug-likeness (QED) is 0.849. The zero-order valence-corrected chi connectivity index (χ0v) is 11.8. The smallest absolute Gasteiger partial charge is 0.237 e. The van der Waals surface area contributed by atoms with Crippen LogP contribution >= 0.6 is 0 Å². The summed E-state index contributed by atoms with van der Waals surface area (Å²) in [6.07, 6.45) is 0. The van der Waals surface area contributed by atoms with E-state index in [0.29, 0.717) is 19.8 Å². The summed E-state index contributed by atoms with van der Waals surface area (Å²) in [7, 11) is 0. The van der Waals surface area contributed by atoms with Crippen LogP contribution in [0.5, 0.6) is 0 Å². The van der Waals surface area contributed by atoms with Gasteiger partial charge in [-0.15, -0.1) is 0 Å². The number of benzene rings is 1. The fraction of sp³-hybridized carbons (Fsp3) is 0.533. The third-order valence-corrected chi connectivity index (χ3v) is 4.11. The number of fused-ring (bicyclic) bond motifs is 1. The predicted octanol–water partition coefficient (Wildman–Crippen LogP) is 1.71. The van der Waals surface area contributed by atoms with Crippen molar-refractivity contribution in [1.29, 1.82) is 0 Å². The molecule has 0 aliphatic carbocycles. The molecule has 1 atom stereocenters. The van der Waals surface area contributed by atoms with E-state index in [9.17, 15) is 4.79 Å². The van der Waals surface area contributed by atoms with Gasteiger partial charge in [-0.25, -0.2) is 0 Å². The van der Waals surface area contributed by atoms with Gasteiger partial charge < -0.3 is 10.5 Å². The first-order valence-corrected chi connectivity index (χ1v) is 6.67. The number of nitrogens with one attached hydrogen (secondary N) is 1. The van der Waals surface area contributed by atoms with Gasteiger partial charge in [-0.1, -0.05) is 32.0 Å². The summed E-state index contributed by atoms with van der Waals surface area (Å²) in [5.74, 6) is -0.172. The molecular weight excluding hydrogens is 240 g/mol. The minimum atomic E-state index is -0.685. The lowest BCUT2D eigenvalue weighted by atomic mass is 9.87. The Morgan fingerprint density at radius 3 is 2.74 bits per heavy atom. The van der Waals surface area contributed by atoms with Crippen LogP contribution in [0.2, 0.25) is 0 Å². The summed E-state index contributed by atoms with van der Waals surface area (Å²) in [5.41, 5.74) is 8.47.